The average molecular weight is 192 g/mol. The first-order valence-electron chi connectivity index (χ1n) is 4.61. The first kappa shape index (κ1) is 10.7. The van der Waals surface area contributed by atoms with Gasteiger partial charge < -0.3 is 10.6 Å². The summed E-state index contributed by atoms with van der Waals surface area (Å²) in [6.07, 6.45) is 0.358. The van der Waals surface area contributed by atoms with E-state index in [2.05, 4.69) is 0 Å². The van der Waals surface area contributed by atoms with Crippen LogP contribution in [0.15, 0.2) is 30.3 Å². The second-order valence-electron chi connectivity index (χ2n) is 3.56. The highest BCUT2D eigenvalue weighted by molar-refractivity contribution is 5.74. The lowest BCUT2D eigenvalue weighted by Gasteiger charge is -2.23. The summed E-state index contributed by atoms with van der Waals surface area (Å²) < 4.78 is 0. The maximum Gasteiger partial charge on any atom is 0.219 e. The first-order valence-corrected chi connectivity index (χ1v) is 4.61. The van der Waals surface area contributed by atoms with Crippen molar-refractivity contribution in [2.45, 2.75) is 12.5 Å². The Bertz CT molecular complexity index is 295. The van der Waals surface area contributed by atoms with Gasteiger partial charge >= 0.3 is 0 Å². The number of carbonyl (C=O) groups excluding carboxylic acids is 1. The van der Waals surface area contributed by atoms with Crippen LogP contribution in [0.2, 0.25) is 0 Å². The number of amides is 1. The predicted octanol–water partition coefficient (Wildman–Crippen LogP) is 1.16. The number of hydrogen-bond donors (Lipinski definition) is 1. The van der Waals surface area contributed by atoms with Gasteiger partial charge in [-0.1, -0.05) is 30.3 Å². The lowest BCUT2D eigenvalue weighted by atomic mass is 10.0. The summed E-state index contributed by atoms with van der Waals surface area (Å²) in [7, 11) is 3.89. The normalized spacial score (nSPS) is 12.8. The summed E-state index contributed by atoms with van der Waals surface area (Å²) in [5, 5.41) is 0. The van der Waals surface area contributed by atoms with Gasteiger partial charge in [-0.25, -0.2) is 0 Å². The van der Waals surface area contributed by atoms with Crippen LogP contribution < -0.4 is 5.73 Å². The van der Waals surface area contributed by atoms with E-state index >= 15 is 0 Å². The monoisotopic (exact) mass is 192 g/mol. The second kappa shape index (κ2) is 4.77. The molecule has 0 aromatic heterocycles. The van der Waals surface area contributed by atoms with E-state index in [-0.39, 0.29) is 11.9 Å². The van der Waals surface area contributed by atoms with Gasteiger partial charge in [0.05, 0.1) is 0 Å². The minimum Gasteiger partial charge on any atom is -0.370 e. The molecule has 0 aliphatic rings. The number of primary amides is 1. The number of carbonyl (C=O) groups is 1. The van der Waals surface area contributed by atoms with Crippen molar-refractivity contribution in [3.8, 4) is 0 Å². The van der Waals surface area contributed by atoms with Crippen LogP contribution in [-0.4, -0.2) is 24.9 Å². The summed E-state index contributed by atoms with van der Waals surface area (Å²) in [5.74, 6) is -0.271. The Hall–Kier alpha value is -1.35. The van der Waals surface area contributed by atoms with Crippen LogP contribution in [0.4, 0.5) is 0 Å². The molecule has 1 atom stereocenters. The van der Waals surface area contributed by atoms with Gasteiger partial charge in [-0.15, -0.1) is 0 Å². The molecule has 1 amide bonds. The Morgan fingerprint density at radius 2 is 1.93 bits per heavy atom. The highest BCUT2D eigenvalue weighted by Gasteiger charge is 2.15. The van der Waals surface area contributed by atoms with E-state index in [0.29, 0.717) is 6.42 Å². The highest BCUT2D eigenvalue weighted by Crippen LogP contribution is 2.20. The quantitative estimate of drug-likeness (QED) is 0.778. The molecule has 3 heteroatoms. The van der Waals surface area contributed by atoms with E-state index in [1.165, 1.54) is 0 Å². The zero-order valence-electron chi connectivity index (χ0n) is 8.60. The third-order valence-electron chi connectivity index (χ3n) is 2.20. The molecule has 0 saturated heterocycles. The minimum absolute atomic E-state index is 0.0775. The van der Waals surface area contributed by atoms with Gasteiger partial charge in [0.15, 0.2) is 0 Å². The minimum atomic E-state index is -0.271. The molecule has 1 rings (SSSR count). The van der Waals surface area contributed by atoms with Crippen molar-refractivity contribution >= 4 is 5.91 Å². The molecule has 0 heterocycles. The third kappa shape index (κ3) is 2.85. The van der Waals surface area contributed by atoms with Gasteiger partial charge in [0, 0.05) is 12.5 Å². The lowest BCUT2D eigenvalue weighted by Crippen LogP contribution is -2.25. The maximum atomic E-state index is 10.9. The fourth-order valence-corrected chi connectivity index (χ4v) is 1.46. The van der Waals surface area contributed by atoms with E-state index < -0.39 is 0 Å². The summed E-state index contributed by atoms with van der Waals surface area (Å²) in [6, 6.07) is 9.98. The Kier molecular flexibility index (Phi) is 3.65. The van der Waals surface area contributed by atoms with Crippen molar-refractivity contribution in [2.75, 3.05) is 14.1 Å². The van der Waals surface area contributed by atoms with Gasteiger partial charge in [0.2, 0.25) is 5.91 Å². The molecule has 14 heavy (non-hydrogen) atoms. The number of rotatable bonds is 4. The van der Waals surface area contributed by atoms with Gasteiger partial charge in [-0.3, -0.25) is 4.79 Å². The third-order valence-corrected chi connectivity index (χ3v) is 2.20. The van der Waals surface area contributed by atoms with E-state index in [4.69, 9.17) is 5.73 Å². The Balaban J connectivity index is 2.83. The van der Waals surface area contributed by atoms with Crippen LogP contribution in [0.5, 0.6) is 0 Å². The van der Waals surface area contributed by atoms with E-state index in [1.807, 2.05) is 49.3 Å². The zero-order valence-corrected chi connectivity index (χ0v) is 8.60. The number of hydrogen-bond acceptors (Lipinski definition) is 2. The van der Waals surface area contributed by atoms with Crippen molar-refractivity contribution in [1.82, 2.24) is 4.90 Å². The lowest BCUT2D eigenvalue weighted by molar-refractivity contribution is -0.119. The molecular formula is C11H16N2O. The number of nitrogens with zero attached hydrogens (tertiary/aromatic N) is 1. The van der Waals surface area contributed by atoms with Crippen molar-refractivity contribution in [1.29, 1.82) is 0 Å². The molecule has 0 bridgehead atoms. The molecule has 0 radical (unpaired) electrons. The molecule has 76 valence electrons. The predicted molar refractivity (Wildman–Crippen MR) is 56.7 cm³/mol. The molecule has 0 aliphatic carbocycles. The van der Waals surface area contributed by atoms with Gasteiger partial charge in [-0.2, -0.15) is 0 Å². The van der Waals surface area contributed by atoms with Gasteiger partial charge in [0.1, 0.15) is 0 Å². The summed E-state index contributed by atoms with van der Waals surface area (Å²) in [6.45, 7) is 0. The van der Waals surface area contributed by atoms with E-state index in [1.54, 1.807) is 0 Å². The Morgan fingerprint density at radius 1 is 1.36 bits per heavy atom. The van der Waals surface area contributed by atoms with Crippen molar-refractivity contribution in [2.24, 2.45) is 5.73 Å². The van der Waals surface area contributed by atoms with Crippen LogP contribution in [0, 0.1) is 0 Å². The molecule has 2 N–H and O–H groups in total. The fraction of sp³-hybridized carbons (Fsp3) is 0.364. The Labute approximate surface area is 84.5 Å². The van der Waals surface area contributed by atoms with Crippen molar-refractivity contribution in [3.63, 3.8) is 0 Å². The topological polar surface area (TPSA) is 46.3 Å². The van der Waals surface area contributed by atoms with Crippen molar-refractivity contribution < 1.29 is 4.79 Å². The van der Waals surface area contributed by atoms with Crippen LogP contribution >= 0.6 is 0 Å². The average Bonchev–Trinajstić information content (AvgIpc) is 2.15. The number of benzene rings is 1. The molecule has 0 fully saturated rings. The van der Waals surface area contributed by atoms with Gasteiger partial charge in [-0.05, 0) is 19.7 Å². The molecule has 0 saturated carbocycles. The zero-order chi connectivity index (χ0) is 10.6. The van der Waals surface area contributed by atoms with Crippen LogP contribution in [0.25, 0.3) is 0 Å². The number of nitrogens with two attached hydrogens (primary N) is 1. The summed E-state index contributed by atoms with van der Waals surface area (Å²) in [4.78, 5) is 12.9. The fourth-order valence-electron chi connectivity index (χ4n) is 1.46. The largest absolute Gasteiger partial charge is 0.370 e. The molecule has 1 aromatic carbocycles. The summed E-state index contributed by atoms with van der Waals surface area (Å²) >= 11 is 0. The van der Waals surface area contributed by atoms with Crippen LogP contribution in [0.3, 0.4) is 0 Å². The molecule has 0 spiro atoms. The highest BCUT2D eigenvalue weighted by atomic mass is 16.1. The van der Waals surface area contributed by atoms with Crippen LogP contribution in [-0.2, 0) is 4.79 Å². The Morgan fingerprint density at radius 3 is 2.36 bits per heavy atom. The van der Waals surface area contributed by atoms with Crippen LogP contribution in [0.1, 0.15) is 18.0 Å². The smallest absolute Gasteiger partial charge is 0.219 e. The second-order valence-corrected chi connectivity index (χ2v) is 3.56. The van der Waals surface area contributed by atoms with E-state index in [0.717, 1.165) is 5.56 Å². The SMILES string of the molecule is CN(C)C(CC(N)=O)c1ccccc1. The van der Waals surface area contributed by atoms with Gasteiger partial charge in [0.25, 0.3) is 0 Å². The first-order chi connectivity index (χ1) is 6.61. The van der Waals surface area contributed by atoms with E-state index in [9.17, 15) is 4.79 Å². The maximum absolute atomic E-state index is 10.9. The summed E-state index contributed by atoms with van der Waals surface area (Å²) in [5.41, 5.74) is 6.32. The molecule has 1 unspecified atom stereocenters. The molecule has 0 aliphatic heterocycles. The standard InChI is InChI=1S/C11H16N2O/c1-13(2)10(8-11(12)14)9-6-4-3-5-7-9/h3-7,10H,8H2,1-2H3,(H2,12,14). The molecule has 3 nitrogen and oxygen atoms in total. The molecular weight excluding hydrogens is 176 g/mol. The van der Waals surface area contributed by atoms with Crippen molar-refractivity contribution in [3.05, 3.63) is 35.9 Å². The molecule has 1 aromatic rings.